The molecule has 1 aromatic heterocycles. The number of rotatable bonds is 6. The average Bonchev–Trinajstić information content (AvgIpc) is 3.27. The number of ether oxygens (including phenoxy) is 1. The first-order chi connectivity index (χ1) is 11.3. The fourth-order valence-electron chi connectivity index (χ4n) is 3.77. The van der Waals surface area contributed by atoms with Crippen molar-refractivity contribution in [1.29, 1.82) is 0 Å². The molecular weight excluding hydrogens is 381 g/mol. The standard InChI is InChI=1S/C17H27N3O2S.2ClH/c18-11-13-3-1-4-14(13)17(21)19-12-15(16-5-2-10-23-16)20-6-8-22-9-7-20;;/h2,5,10,13-15H,1,3-4,6-9,11-12,18H2,(H,19,21);2*1H/t13-,14-,15?;;/m1../s1. The lowest BCUT2D eigenvalue weighted by molar-refractivity contribution is -0.126. The Hall–Kier alpha value is -0.370. The van der Waals surface area contributed by atoms with Gasteiger partial charge >= 0.3 is 0 Å². The maximum atomic E-state index is 12.6. The number of thiophene rings is 1. The molecule has 25 heavy (non-hydrogen) atoms. The average molecular weight is 410 g/mol. The van der Waals surface area contributed by atoms with Gasteiger partial charge in [0.05, 0.1) is 19.3 Å². The Morgan fingerprint density at radius 1 is 1.36 bits per heavy atom. The molecule has 1 aromatic rings. The topological polar surface area (TPSA) is 67.6 Å². The normalized spacial score (nSPS) is 24.8. The minimum atomic E-state index is 0. The second-order valence-electron chi connectivity index (χ2n) is 6.46. The molecule has 3 rings (SSSR count). The van der Waals surface area contributed by atoms with E-state index in [9.17, 15) is 4.79 Å². The molecule has 1 aliphatic carbocycles. The number of nitrogens with one attached hydrogen (secondary N) is 1. The Kier molecular flexibility index (Phi) is 10.3. The van der Waals surface area contributed by atoms with Crippen molar-refractivity contribution in [3.63, 3.8) is 0 Å². The first-order valence-corrected chi connectivity index (χ1v) is 9.50. The first kappa shape index (κ1) is 22.7. The summed E-state index contributed by atoms with van der Waals surface area (Å²) < 4.78 is 5.46. The van der Waals surface area contributed by atoms with Gasteiger partial charge in [0.15, 0.2) is 0 Å². The van der Waals surface area contributed by atoms with Crippen molar-refractivity contribution in [3.05, 3.63) is 22.4 Å². The van der Waals surface area contributed by atoms with E-state index in [-0.39, 0.29) is 42.7 Å². The van der Waals surface area contributed by atoms with Crippen molar-refractivity contribution >= 4 is 42.1 Å². The third-order valence-corrected chi connectivity index (χ3v) is 6.10. The number of nitrogens with zero attached hydrogens (tertiary/aromatic N) is 1. The van der Waals surface area contributed by atoms with Gasteiger partial charge in [0.1, 0.15) is 0 Å². The summed E-state index contributed by atoms with van der Waals surface area (Å²) >= 11 is 1.76. The van der Waals surface area contributed by atoms with Crippen LogP contribution in [0.15, 0.2) is 17.5 Å². The van der Waals surface area contributed by atoms with Gasteiger partial charge < -0.3 is 15.8 Å². The summed E-state index contributed by atoms with van der Waals surface area (Å²) in [6.07, 6.45) is 3.19. The monoisotopic (exact) mass is 409 g/mol. The molecule has 1 saturated carbocycles. The lowest BCUT2D eigenvalue weighted by atomic mass is 9.95. The molecule has 3 N–H and O–H groups in total. The number of hydrogen-bond acceptors (Lipinski definition) is 5. The maximum absolute atomic E-state index is 12.6. The van der Waals surface area contributed by atoms with E-state index in [0.29, 0.717) is 19.0 Å². The molecule has 1 unspecified atom stereocenters. The Balaban J connectivity index is 0.00000156. The van der Waals surface area contributed by atoms with Crippen molar-refractivity contribution in [3.8, 4) is 0 Å². The zero-order valence-corrected chi connectivity index (χ0v) is 16.8. The quantitative estimate of drug-likeness (QED) is 0.756. The van der Waals surface area contributed by atoms with Crippen LogP contribution in [-0.4, -0.2) is 50.2 Å². The van der Waals surface area contributed by atoms with Gasteiger partial charge in [-0.3, -0.25) is 9.69 Å². The van der Waals surface area contributed by atoms with E-state index in [0.717, 1.165) is 45.6 Å². The molecule has 2 heterocycles. The van der Waals surface area contributed by atoms with Crippen LogP contribution < -0.4 is 11.1 Å². The summed E-state index contributed by atoms with van der Waals surface area (Å²) in [6.45, 7) is 4.69. The van der Waals surface area contributed by atoms with E-state index in [1.165, 1.54) is 4.88 Å². The van der Waals surface area contributed by atoms with Gasteiger partial charge in [0.2, 0.25) is 5.91 Å². The highest BCUT2D eigenvalue weighted by Crippen LogP contribution is 2.31. The molecule has 0 spiro atoms. The summed E-state index contributed by atoms with van der Waals surface area (Å²) in [5.74, 6) is 0.653. The lowest BCUT2D eigenvalue weighted by Crippen LogP contribution is -2.45. The molecule has 0 radical (unpaired) electrons. The Labute approximate surface area is 166 Å². The third-order valence-electron chi connectivity index (χ3n) is 5.13. The number of amides is 1. The molecule has 0 aromatic carbocycles. The minimum absolute atomic E-state index is 0. The highest BCUT2D eigenvalue weighted by Gasteiger charge is 2.32. The number of nitrogens with two attached hydrogens (primary N) is 1. The van der Waals surface area contributed by atoms with E-state index >= 15 is 0 Å². The Bertz CT molecular complexity index is 498. The van der Waals surface area contributed by atoms with Gasteiger partial charge in [0.25, 0.3) is 0 Å². The molecule has 2 fully saturated rings. The summed E-state index contributed by atoms with van der Waals surface area (Å²) in [7, 11) is 0. The van der Waals surface area contributed by atoms with Gasteiger partial charge in [-0.2, -0.15) is 0 Å². The maximum Gasteiger partial charge on any atom is 0.223 e. The third kappa shape index (κ3) is 5.81. The second kappa shape index (κ2) is 11.4. The van der Waals surface area contributed by atoms with E-state index in [2.05, 4.69) is 27.7 Å². The Morgan fingerprint density at radius 3 is 2.76 bits per heavy atom. The molecule has 5 nitrogen and oxygen atoms in total. The summed E-state index contributed by atoms with van der Waals surface area (Å²) in [5.41, 5.74) is 5.81. The number of hydrogen-bond donors (Lipinski definition) is 2. The molecule has 3 atom stereocenters. The summed E-state index contributed by atoms with van der Waals surface area (Å²) in [6, 6.07) is 4.49. The van der Waals surface area contributed by atoms with Crippen molar-refractivity contribution < 1.29 is 9.53 Å². The van der Waals surface area contributed by atoms with Crippen LogP contribution in [0.5, 0.6) is 0 Å². The predicted octanol–water partition coefficient (Wildman–Crippen LogP) is 2.46. The van der Waals surface area contributed by atoms with Crippen LogP contribution >= 0.6 is 36.2 Å². The van der Waals surface area contributed by atoms with Gasteiger partial charge in [0, 0.05) is 30.4 Å². The number of morpholine rings is 1. The van der Waals surface area contributed by atoms with Gasteiger partial charge in [-0.05, 0) is 36.8 Å². The lowest BCUT2D eigenvalue weighted by Gasteiger charge is -2.34. The van der Waals surface area contributed by atoms with Crippen LogP contribution in [-0.2, 0) is 9.53 Å². The van der Waals surface area contributed by atoms with Crippen LogP contribution in [0.3, 0.4) is 0 Å². The molecule has 1 aliphatic heterocycles. The predicted molar refractivity (Wildman–Crippen MR) is 107 cm³/mol. The number of halogens is 2. The minimum Gasteiger partial charge on any atom is -0.379 e. The summed E-state index contributed by atoms with van der Waals surface area (Å²) in [5, 5.41) is 5.31. The molecule has 2 aliphatic rings. The highest BCUT2D eigenvalue weighted by molar-refractivity contribution is 7.10. The van der Waals surface area contributed by atoms with Crippen molar-refractivity contribution in [2.75, 3.05) is 39.4 Å². The number of carbonyl (C=O) groups is 1. The largest absolute Gasteiger partial charge is 0.379 e. The van der Waals surface area contributed by atoms with E-state index in [4.69, 9.17) is 10.5 Å². The van der Waals surface area contributed by atoms with E-state index < -0.39 is 0 Å². The van der Waals surface area contributed by atoms with Crippen molar-refractivity contribution in [2.45, 2.75) is 25.3 Å². The van der Waals surface area contributed by atoms with Gasteiger partial charge in [-0.15, -0.1) is 36.2 Å². The van der Waals surface area contributed by atoms with Crippen LogP contribution in [0.25, 0.3) is 0 Å². The van der Waals surface area contributed by atoms with Crippen molar-refractivity contribution in [1.82, 2.24) is 10.2 Å². The van der Waals surface area contributed by atoms with Crippen molar-refractivity contribution in [2.24, 2.45) is 17.6 Å². The van der Waals surface area contributed by atoms with E-state index in [1.807, 2.05) is 0 Å². The van der Waals surface area contributed by atoms with Gasteiger partial charge in [-0.1, -0.05) is 12.5 Å². The highest BCUT2D eigenvalue weighted by atomic mass is 35.5. The van der Waals surface area contributed by atoms with Gasteiger partial charge in [-0.25, -0.2) is 0 Å². The molecule has 8 heteroatoms. The molecule has 1 amide bonds. The van der Waals surface area contributed by atoms with Crippen LogP contribution in [0, 0.1) is 11.8 Å². The fourth-order valence-corrected chi connectivity index (χ4v) is 4.63. The molecule has 144 valence electrons. The smallest absolute Gasteiger partial charge is 0.223 e. The number of carbonyl (C=O) groups excluding carboxylic acids is 1. The molecule has 0 bridgehead atoms. The van der Waals surface area contributed by atoms with E-state index in [1.54, 1.807) is 11.3 Å². The second-order valence-corrected chi connectivity index (χ2v) is 7.44. The zero-order chi connectivity index (χ0) is 16.1. The van der Waals surface area contributed by atoms with Crippen LogP contribution in [0.2, 0.25) is 0 Å². The van der Waals surface area contributed by atoms with Crippen LogP contribution in [0.4, 0.5) is 0 Å². The Morgan fingerprint density at radius 2 is 2.12 bits per heavy atom. The SMILES string of the molecule is Cl.Cl.NC[C@H]1CCC[C@H]1C(=O)NCC(c1cccs1)N1CCOCC1. The zero-order valence-electron chi connectivity index (χ0n) is 14.4. The fraction of sp³-hybridized carbons (Fsp3) is 0.706. The first-order valence-electron chi connectivity index (χ1n) is 8.62. The van der Waals surface area contributed by atoms with Crippen LogP contribution in [0.1, 0.15) is 30.2 Å². The summed E-state index contributed by atoms with van der Waals surface area (Å²) in [4.78, 5) is 16.3. The molecular formula is C17H29Cl2N3O2S. The molecule has 1 saturated heterocycles.